The third kappa shape index (κ3) is 31.6. The lowest BCUT2D eigenvalue weighted by Gasteiger charge is -2.25. The topological polar surface area (TPSA) is 105 Å². The van der Waals surface area contributed by atoms with Crippen LogP contribution >= 0.6 is 7.82 Å². The highest BCUT2D eigenvalue weighted by Gasteiger charge is 2.27. The number of hydrogen-bond donors (Lipinski definition) is 3. The Morgan fingerprint density at radius 1 is 0.717 bits per heavy atom. The summed E-state index contributed by atoms with van der Waals surface area (Å²) in [5, 5.41) is 13.7. The number of amides is 1. The minimum atomic E-state index is -4.32. The number of unbranched alkanes of at least 4 members (excludes halogenated alkanes) is 18. The van der Waals surface area contributed by atoms with E-state index in [0.717, 1.165) is 51.4 Å². The molecule has 0 radical (unpaired) electrons. The highest BCUT2D eigenvalue weighted by molar-refractivity contribution is 7.47. The van der Waals surface area contributed by atoms with E-state index in [9.17, 15) is 19.4 Å². The Labute approximate surface area is 284 Å². The maximum Gasteiger partial charge on any atom is 0.472 e. The first-order chi connectivity index (χ1) is 22.0. The number of hydrogen-bond acceptors (Lipinski definition) is 5. The van der Waals surface area contributed by atoms with Crippen molar-refractivity contribution in [2.45, 2.75) is 167 Å². The first-order valence-corrected chi connectivity index (χ1v) is 20.2. The fraction of sp³-hybridized carbons (Fsp3) is 0.865. The van der Waals surface area contributed by atoms with Gasteiger partial charge < -0.3 is 19.8 Å². The predicted molar refractivity (Wildman–Crippen MR) is 194 cm³/mol. The molecule has 0 spiro atoms. The molecular weight excluding hydrogens is 599 g/mol. The van der Waals surface area contributed by atoms with Crippen LogP contribution in [0.25, 0.3) is 0 Å². The molecule has 0 aliphatic rings. The maximum atomic E-state index is 12.7. The Hall–Kier alpha value is -1.02. The largest absolute Gasteiger partial charge is 0.472 e. The number of carbonyl (C=O) groups is 1. The molecule has 0 aromatic rings. The molecule has 0 saturated carbocycles. The molecule has 8 nitrogen and oxygen atoms in total. The molecule has 0 fully saturated rings. The van der Waals surface area contributed by atoms with Crippen molar-refractivity contribution < 1.29 is 32.9 Å². The quantitative estimate of drug-likeness (QED) is 0.0278. The summed E-state index contributed by atoms with van der Waals surface area (Å²) in [6.45, 7) is 4.75. The fourth-order valence-corrected chi connectivity index (χ4v) is 5.83. The second-order valence-electron chi connectivity index (χ2n) is 13.9. The number of allylic oxidation sites excluding steroid dienone is 3. The van der Waals surface area contributed by atoms with Gasteiger partial charge in [-0.1, -0.05) is 128 Å². The Kier molecular flexibility index (Phi) is 29.4. The number of nitrogens with zero attached hydrogens (tertiary/aromatic N) is 1. The first kappa shape index (κ1) is 45.0. The Bertz CT molecular complexity index is 814. The van der Waals surface area contributed by atoms with Crippen molar-refractivity contribution in [2.24, 2.45) is 0 Å². The molecule has 0 heterocycles. The zero-order valence-electron chi connectivity index (χ0n) is 30.6. The third-order valence-corrected chi connectivity index (χ3v) is 9.15. The van der Waals surface area contributed by atoms with Gasteiger partial charge in [-0.2, -0.15) is 0 Å². The molecule has 3 atom stereocenters. The van der Waals surface area contributed by atoms with Crippen LogP contribution in [0.5, 0.6) is 0 Å². The lowest BCUT2D eigenvalue weighted by molar-refractivity contribution is -0.870. The van der Waals surface area contributed by atoms with Gasteiger partial charge in [0.25, 0.3) is 0 Å². The molecule has 3 N–H and O–H groups in total. The van der Waals surface area contributed by atoms with Crippen molar-refractivity contribution >= 4 is 13.7 Å². The molecule has 0 aliphatic heterocycles. The lowest BCUT2D eigenvalue weighted by Crippen LogP contribution is -2.45. The summed E-state index contributed by atoms with van der Waals surface area (Å²) in [5.74, 6) is -0.190. The fourth-order valence-electron chi connectivity index (χ4n) is 5.09. The van der Waals surface area contributed by atoms with Gasteiger partial charge in [0.05, 0.1) is 39.9 Å². The van der Waals surface area contributed by atoms with Crippen LogP contribution in [0, 0.1) is 0 Å². The monoisotopic (exact) mass is 674 g/mol. The number of phosphoric acid groups is 1. The Morgan fingerprint density at radius 2 is 1.17 bits per heavy atom. The molecule has 1 amide bonds. The van der Waals surface area contributed by atoms with Crippen LogP contribution in [0.2, 0.25) is 0 Å². The van der Waals surface area contributed by atoms with Gasteiger partial charge in [0.1, 0.15) is 13.2 Å². The Morgan fingerprint density at radius 3 is 1.67 bits per heavy atom. The molecule has 1 unspecified atom stereocenters. The SMILES string of the molecule is CCCCCCCC/C=C/CCCCCCCC(=O)N[C@@H](COP(=O)(O)OCC[N+](C)(C)C)[C@H](O)/C=C/CCCCCCCCC. The number of phosphoric ester groups is 1. The molecule has 0 rings (SSSR count). The molecule has 0 aliphatic carbocycles. The average Bonchev–Trinajstić information content (AvgIpc) is 2.99. The van der Waals surface area contributed by atoms with Crippen LogP contribution in [-0.4, -0.2) is 73.4 Å². The molecule has 0 aromatic heterocycles. The zero-order valence-corrected chi connectivity index (χ0v) is 31.5. The second-order valence-corrected chi connectivity index (χ2v) is 15.4. The summed E-state index contributed by atoms with van der Waals surface area (Å²) in [6, 6.07) is -0.844. The van der Waals surface area contributed by atoms with E-state index in [1.54, 1.807) is 6.08 Å². The molecule has 9 heteroatoms. The number of aliphatic hydroxyl groups is 1. The van der Waals surface area contributed by atoms with E-state index < -0.39 is 20.0 Å². The minimum Gasteiger partial charge on any atom is -0.387 e. The number of quaternary nitrogens is 1. The normalized spacial score (nSPS) is 15.0. The summed E-state index contributed by atoms with van der Waals surface area (Å²) in [4.78, 5) is 22.9. The van der Waals surface area contributed by atoms with Gasteiger partial charge in [0.2, 0.25) is 5.91 Å². The van der Waals surface area contributed by atoms with Crippen LogP contribution in [0.1, 0.15) is 155 Å². The number of rotatable bonds is 33. The van der Waals surface area contributed by atoms with Gasteiger partial charge >= 0.3 is 7.82 Å². The summed E-state index contributed by atoms with van der Waals surface area (Å²) in [6.07, 6.45) is 32.4. The van der Waals surface area contributed by atoms with Gasteiger partial charge in [0.15, 0.2) is 0 Å². The minimum absolute atomic E-state index is 0.0602. The van der Waals surface area contributed by atoms with Crippen molar-refractivity contribution in [1.82, 2.24) is 5.32 Å². The smallest absolute Gasteiger partial charge is 0.387 e. The van der Waals surface area contributed by atoms with E-state index in [0.29, 0.717) is 17.4 Å². The van der Waals surface area contributed by atoms with Crippen LogP contribution < -0.4 is 5.32 Å². The third-order valence-electron chi connectivity index (χ3n) is 8.17. The lowest BCUT2D eigenvalue weighted by atomic mass is 10.1. The van der Waals surface area contributed by atoms with Gasteiger partial charge in [-0.05, 0) is 44.9 Å². The molecule has 0 saturated heterocycles. The van der Waals surface area contributed by atoms with Crippen molar-refractivity contribution in [2.75, 3.05) is 40.9 Å². The number of nitrogens with one attached hydrogen (secondary N) is 1. The van der Waals surface area contributed by atoms with Crippen molar-refractivity contribution in [3.63, 3.8) is 0 Å². The molecular formula is C37H74N2O6P+. The average molecular weight is 674 g/mol. The predicted octanol–water partition coefficient (Wildman–Crippen LogP) is 9.41. The second kappa shape index (κ2) is 30.1. The summed E-state index contributed by atoms with van der Waals surface area (Å²) >= 11 is 0. The van der Waals surface area contributed by atoms with Crippen molar-refractivity contribution in [3.8, 4) is 0 Å². The van der Waals surface area contributed by atoms with Gasteiger partial charge in [-0.15, -0.1) is 0 Å². The molecule has 0 bridgehead atoms. The summed E-state index contributed by atoms with van der Waals surface area (Å²) in [7, 11) is 1.56. The van der Waals surface area contributed by atoms with Crippen LogP contribution in [0.3, 0.4) is 0 Å². The van der Waals surface area contributed by atoms with E-state index in [2.05, 4.69) is 31.3 Å². The van der Waals surface area contributed by atoms with Crippen molar-refractivity contribution in [1.29, 1.82) is 0 Å². The first-order valence-electron chi connectivity index (χ1n) is 18.7. The van der Waals surface area contributed by atoms with Crippen molar-refractivity contribution in [3.05, 3.63) is 24.3 Å². The molecule has 0 aromatic carbocycles. The highest BCUT2D eigenvalue weighted by atomic mass is 31.2. The Balaban J connectivity index is 4.51. The summed E-state index contributed by atoms with van der Waals surface area (Å²) in [5.41, 5.74) is 0. The van der Waals surface area contributed by atoms with E-state index in [4.69, 9.17) is 9.05 Å². The van der Waals surface area contributed by atoms with Crippen LogP contribution in [-0.2, 0) is 18.4 Å². The molecule has 46 heavy (non-hydrogen) atoms. The van der Waals surface area contributed by atoms with E-state index in [-0.39, 0.29) is 19.1 Å². The molecule has 272 valence electrons. The maximum absolute atomic E-state index is 12.7. The van der Waals surface area contributed by atoms with Gasteiger partial charge in [-0.3, -0.25) is 13.8 Å². The summed E-state index contributed by atoms with van der Waals surface area (Å²) < 4.78 is 23.4. The standard InChI is InChI=1S/C37H73N2O6P/c1-6-8-10-12-14-16-17-18-19-20-21-23-25-27-29-31-37(41)38-35(34-45-46(42,43)44-33-32-39(3,4)5)36(40)30-28-26-24-22-15-13-11-9-7-2/h18-19,28,30,35-36,40H,6-17,20-27,29,31-34H2,1-5H3,(H-,38,41,42,43)/p+1/b19-18+,30-28+/t35-,36+/m0/s1. The highest BCUT2D eigenvalue weighted by Crippen LogP contribution is 2.43. The van der Waals surface area contributed by atoms with E-state index in [1.165, 1.54) is 83.5 Å². The van der Waals surface area contributed by atoms with Gasteiger partial charge in [-0.25, -0.2) is 4.57 Å². The number of likely N-dealkylation sites (N-methyl/N-ethyl adjacent to an activating group) is 1. The van der Waals surface area contributed by atoms with E-state index in [1.807, 2.05) is 27.2 Å². The van der Waals surface area contributed by atoms with Crippen LogP contribution in [0.4, 0.5) is 0 Å². The number of aliphatic hydroxyl groups excluding tert-OH is 1. The zero-order chi connectivity index (χ0) is 34.4. The van der Waals surface area contributed by atoms with Gasteiger partial charge in [0, 0.05) is 6.42 Å². The van der Waals surface area contributed by atoms with E-state index >= 15 is 0 Å². The van der Waals surface area contributed by atoms with Crippen LogP contribution in [0.15, 0.2) is 24.3 Å². The number of carbonyl (C=O) groups excluding carboxylic acids is 1.